The molecule has 4 rings (SSSR count). The molecule has 0 aromatic heterocycles. The summed E-state index contributed by atoms with van der Waals surface area (Å²) in [5.74, 6) is 0.589. The highest BCUT2D eigenvalue weighted by Crippen LogP contribution is 2.36. The van der Waals surface area contributed by atoms with E-state index in [4.69, 9.17) is 0 Å². The molecule has 146 valence electrons. The Balaban J connectivity index is 1.68. The summed E-state index contributed by atoms with van der Waals surface area (Å²) in [6, 6.07) is 28.0. The zero-order valence-corrected chi connectivity index (χ0v) is 17.4. The second-order valence-electron chi connectivity index (χ2n) is 7.79. The summed E-state index contributed by atoms with van der Waals surface area (Å²) < 4.78 is 0. The highest BCUT2D eigenvalue weighted by molar-refractivity contribution is 5.77. The monoisotopic (exact) mass is 380 g/mol. The third-order valence-electron chi connectivity index (χ3n) is 5.41. The van der Waals surface area contributed by atoms with Crippen LogP contribution in [0.25, 0.3) is 0 Å². The van der Waals surface area contributed by atoms with Gasteiger partial charge in [-0.05, 0) is 79.4 Å². The van der Waals surface area contributed by atoms with Gasteiger partial charge in [-0.15, -0.1) is 0 Å². The molecule has 3 aromatic rings. The van der Waals surface area contributed by atoms with Crippen molar-refractivity contribution in [1.29, 1.82) is 0 Å². The second kappa shape index (κ2) is 8.40. The number of aryl methyl sites for hydroxylation is 1. The standard InChI is InChI=1S/C27H28N2/c1-21-9-7-13-26(19-21)28(3)23-15-17-25(18-16-23)29(24-11-5-4-6-12-24)27-14-8-10-22(2)20-27/h4-8,10-21H,9H2,1-3H3/t21-/m1/s1. The minimum Gasteiger partial charge on any atom is -0.345 e. The van der Waals surface area contributed by atoms with Crippen LogP contribution in [0, 0.1) is 12.8 Å². The van der Waals surface area contributed by atoms with Crippen LogP contribution in [-0.4, -0.2) is 7.05 Å². The number of benzene rings is 3. The van der Waals surface area contributed by atoms with Crippen molar-refractivity contribution in [2.45, 2.75) is 20.3 Å². The minimum atomic E-state index is 0.589. The molecule has 0 saturated carbocycles. The SMILES string of the molecule is Cc1cccc(N(c2ccccc2)c2ccc(N(C)C3=C[C@H](C)CC=C3)cc2)c1. The summed E-state index contributed by atoms with van der Waals surface area (Å²) in [7, 11) is 2.14. The maximum Gasteiger partial charge on any atom is 0.0464 e. The summed E-state index contributed by atoms with van der Waals surface area (Å²) in [4.78, 5) is 4.56. The Hall–Kier alpha value is -3.26. The molecule has 0 heterocycles. The molecule has 0 radical (unpaired) electrons. The van der Waals surface area contributed by atoms with E-state index in [-0.39, 0.29) is 0 Å². The molecule has 1 aliphatic carbocycles. The van der Waals surface area contributed by atoms with Crippen LogP contribution in [0.4, 0.5) is 22.7 Å². The molecule has 0 fully saturated rings. The van der Waals surface area contributed by atoms with Gasteiger partial charge in [0, 0.05) is 35.5 Å². The van der Waals surface area contributed by atoms with E-state index < -0.39 is 0 Å². The Morgan fingerprint density at radius 3 is 2.10 bits per heavy atom. The number of anilines is 4. The first-order chi connectivity index (χ1) is 14.1. The predicted octanol–water partition coefficient (Wildman–Crippen LogP) is 7.38. The smallest absolute Gasteiger partial charge is 0.0464 e. The molecule has 0 aliphatic heterocycles. The number of hydrogen-bond donors (Lipinski definition) is 0. The molecule has 1 aliphatic rings. The molecule has 0 bridgehead atoms. The van der Waals surface area contributed by atoms with Gasteiger partial charge in [0.2, 0.25) is 0 Å². The molecule has 0 saturated heterocycles. The van der Waals surface area contributed by atoms with E-state index in [1.54, 1.807) is 0 Å². The summed E-state index contributed by atoms with van der Waals surface area (Å²) in [5, 5.41) is 0. The Morgan fingerprint density at radius 1 is 0.759 bits per heavy atom. The maximum absolute atomic E-state index is 2.34. The van der Waals surface area contributed by atoms with Gasteiger partial charge >= 0.3 is 0 Å². The van der Waals surface area contributed by atoms with Crippen molar-refractivity contribution in [3.63, 3.8) is 0 Å². The lowest BCUT2D eigenvalue weighted by atomic mass is 10.0. The van der Waals surface area contributed by atoms with Gasteiger partial charge in [0.15, 0.2) is 0 Å². The maximum atomic E-state index is 2.34. The molecule has 2 heteroatoms. The first-order valence-electron chi connectivity index (χ1n) is 10.3. The fourth-order valence-electron chi connectivity index (χ4n) is 3.81. The fourth-order valence-corrected chi connectivity index (χ4v) is 3.81. The van der Waals surface area contributed by atoms with E-state index in [9.17, 15) is 0 Å². The van der Waals surface area contributed by atoms with Gasteiger partial charge in [0.05, 0.1) is 0 Å². The third-order valence-corrected chi connectivity index (χ3v) is 5.41. The van der Waals surface area contributed by atoms with Crippen molar-refractivity contribution in [3.05, 3.63) is 108 Å². The zero-order chi connectivity index (χ0) is 20.2. The van der Waals surface area contributed by atoms with E-state index in [0.29, 0.717) is 5.92 Å². The van der Waals surface area contributed by atoms with Crippen molar-refractivity contribution in [2.24, 2.45) is 5.92 Å². The number of hydrogen-bond acceptors (Lipinski definition) is 2. The lowest BCUT2D eigenvalue weighted by molar-refractivity contribution is 0.724. The van der Waals surface area contributed by atoms with E-state index in [1.165, 1.54) is 22.6 Å². The summed E-state index contributed by atoms with van der Waals surface area (Å²) in [5.41, 5.74) is 7.19. The Labute approximate surface area is 174 Å². The minimum absolute atomic E-state index is 0.589. The Kier molecular flexibility index (Phi) is 5.53. The normalized spacial score (nSPS) is 15.7. The van der Waals surface area contributed by atoms with Crippen LogP contribution in [0.3, 0.4) is 0 Å². The van der Waals surface area contributed by atoms with Crippen LogP contribution in [-0.2, 0) is 0 Å². The molecular formula is C27H28N2. The molecule has 1 atom stereocenters. The van der Waals surface area contributed by atoms with Crippen molar-refractivity contribution >= 4 is 22.7 Å². The largest absolute Gasteiger partial charge is 0.345 e. The second-order valence-corrected chi connectivity index (χ2v) is 7.79. The molecule has 0 spiro atoms. The molecule has 29 heavy (non-hydrogen) atoms. The number of likely N-dealkylation sites (N-methyl/N-ethyl adjacent to an activating group) is 1. The summed E-state index contributed by atoms with van der Waals surface area (Å²) in [6.45, 7) is 4.40. The van der Waals surface area contributed by atoms with Crippen LogP contribution in [0.5, 0.6) is 0 Å². The van der Waals surface area contributed by atoms with Gasteiger partial charge < -0.3 is 9.80 Å². The topological polar surface area (TPSA) is 6.48 Å². The first-order valence-corrected chi connectivity index (χ1v) is 10.3. The third kappa shape index (κ3) is 4.27. The van der Waals surface area contributed by atoms with E-state index in [2.05, 4.69) is 128 Å². The van der Waals surface area contributed by atoms with E-state index in [1.807, 2.05) is 0 Å². The summed E-state index contributed by atoms with van der Waals surface area (Å²) in [6.07, 6.45) is 7.95. The quantitative estimate of drug-likeness (QED) is 0.455. The van der Waals surface area contributed by atoms with Crippen LogP contribution < -0.4 is 9.80 Å². The average Bonchev–Trinajstić information content (AvgIpc) is 2.75. The van der Waals surface area contributed by atoms with Crippen molar-refractivity contribution < 1.29 is 0 Å². The van der Waals surface area contributed by atoms with E-state index >= 15 is 0 Å². The molecule has 0 amide bonds. The molecule has 3 aromatic carbocycles. The lowest BCUT2D eigenvalue weighted by Gasteiger charge is -2.27. The van der Waals surface area contributed by atoms with Crippen LogP contribution >= 0.6 is 0 Å². The van der Waals surface area contributed by atoms with Gasteiger partial charge in [-0.2, -0.15) is 0 Å². The number of rotatable bonds is 5. The first kappa shape index (κ1) is 19.1. The van der Waals surface area contributed by atoms with Crippen molar-refractivity contribution in [3.8, 4) is 0 Å². The van der Waals surface area contributed by atoms with E-state index in [0.717, 1.165) is 17.8 Å². The van der Waals surface area contributed by atoms with Crippen molar-refractivity contribution in [2.75, 3.05) is 16.8 Å². The Bertz CT molecular complexity index is 1020. The average molecular weight is 381 g/mol. The molecule has 0 N–H and O–H groups in total. The highest BCUT2D eigenvalue weighted by atomic mass is 15.1. The van der Waals surface area contributed by atoms with Gasteiger partial charge in [-0.1, -0.05) is 49.4 Å². The fraction of sp³-hybridized carbons (Fsp3) is 0.185. The summed E-state index contributed by atoms with van der Waals surface area (Å²) >= 11 is 0. The number of allylic oxidation sites excluding steroid dienone is 3. The van der Waals surface area contributed by atoms with Gasteiger partial charge in [0.1, 0.15) is 0 Å². The van der Waals surface area contributed by atoms with Gasteiger partial charge in [0.25, 0.3) is 0 Å². The number of para-hydroxylation sites is 1. The van der Waals surface area contributed by atoms with Crippen LogP contribution in [0.2, 0.25) is 0 Å². The van der Waals surface area contributed by atoms with Crippen LogP contribution in [0.15, 0.2) is 103 Å². The van der Waals surface area contributed by atoms with Gasteiger partial charge in [-0.3, -0.25) is 0 Å². The Morgan fingerprint density at radius 2 is 1.41 bits per heavy atom. The molecule has 0 unspecified atom stereocenters. The zero-order valence-electron chi connectivity index (χ0n) is 17.4. The van der Waals surface area contributed by atoms with Crippen molar-refractivity contribution in [1.82, 2.24) is 0 Å². The molecule has 2 nitrogen and oxygen atoms in total. The van der Waals surface area contributed by atoms with Crippen LogP contribution in [0.1, 0.15) is 18.9 Å². The lowest BCUT2D eigenvalue weighted by Crippen LogP contribution is -2.17. The highest BCUT2D eigenvalue weighted by Gasteiger charge is 2.14. The molecular weight excluding hydrogens is 352 g/mol. The van der Waals surface area contributed by atoms with Gasteiger partial charge in [-0.25, -0.2) is 0 Å². The predicted molar refractivity (Wildman–Crippen MR) is 125 cm³/mol. The number of nitrogens with zero attached hydrogens (tertiary/aromatic N) is 2.